The first-order chi connectivity index (χ1) is 17.4. The first-order valence-electron chi connectivity index (χ1n) is 12.8. The fourth-order valence-electron chi connectivity index (χ4n) is 5.03. The lowest BCUT2D eigenvalue weighted by atomic mass is 9.99. The number of hydrogen-bond donors (Lipinski definition) is 2. The molecule has 2 amide bonds. The third-order valence-electron chi connectivity index (χ3n) is 6.97. The molecule has 2 fully saturated rings. The predicted molar refractivity (Wildman–Crippen MR) is 134 cm³/mol. The average molecular weight is 522 g/mol. The van der Waals surface area contributed by atoms with Crippen LogP contribution in [-0.4, -0.2) is 52.5 Å². The SMILES string of the molecule is O=C(CCCCCC(=O)CC1CC(c2ccc(F)cc2F)=NO1)CCCCC1SC[C@H]2NC(=O)N[C@@H]12. The van der Waals surface area contributed by atoms with Gasteiger partial charge in [0.05, 0.1) is 17.8 Å². The van der Waals surface area contributed by atoms with Crippen LogP contribution in [0.2, 0.25) is 0 Å². The highest BCUT2D eigenvalue weighted by atomic mass is 32.2. The van der Waals surface area contributed by atoms with Gasteiger partial charge in [-0.25, -0.2) is 13.6 Å². The molecule has 4 rings (SSSR count). The van der Waals surface area contributed by atoms with E-state index >= 15 is 0 Å². The molecule has 2 unspecified atom stereocenters. The van der Waals surface area contributed by atoms with Crippen LogP contribution in [0.3, 0.4) is 0 Å². The van der Waals surface area contributed by atoms with Gasteiger partial charge in [-0.15, -0.1) is 0 Å². The number of rotatable bonds is 14. The molecule has 10 heteroatoms. The van der Waals surface area contributed by atoms with Gasteiger partial charge < -0.3 is 15.5 Å². The van der Waals surface area contributed by atoms with Crippen molar-refractivity contribution in [1.82, 2.24) is 10.6 Å². The van der Waals surface area contributed by atoms with Crippen LogP contribution in [0.4, 0.5) is 13.6 Å². The Labute approximate surface area is 214 Å². The van der Waals surface area contributed by atoms with Crippen LogP contribution in [0, 0.1) is 11.6 Å². The molecule has 0 aromatic heterocycles. The lowest BCUT2D eigenvalue weighted by Gasteiger charge is -2.16. The van der Waals surface area contributed by atoms with E-state index in [1.807, 2.05) is 11.8 Å². The maximum absolute atomic E-state index is 13.9. The van der Waals surface area contributed by atoms with Crippen molar-refractivity contribution in [2.45, 2.75) is 94.1 Å². The highest BCUT2D eigenvalue weighted by molar-refractivity contribution is 8.00. The second-order valence-corrected chi connectivity index (χ2v) is 11.1. The minimum atomic E-state index is -0.693. The lowest BCUT2D eigenvalue weighted by molar-refractivity contribution is -0.121. The van der Waals surface area contributed by atoms with Crippen LogP contribution in [0.15, 0.2) is 23.4 Å². The molecule has 0 bridgehead atoms. The van der Waals surface area contributed by atoms with E-state index in [1.165, 1.54) is 12.1 Å². The zero-order valence-corrected chi connectivity index (χ0v) is 21.1. The minimum absolute atomic E-state index is 0.0584. The van der Waals surface area contributed by atoms with E-state index in [0.717, 1.165) is 50.3 Å². The molecule has 1 aromatic carbocycles. The van der Waals surface area contributed by atoms with E-state index in [-0.39, 0.29) is 41.7 Å². The molecule has 2 N–H and O–H groups in total. The highest BCUT2D eigenvalue weighted by Gasteiger charge is 2.42. The molecule has 196 valence electrons. The van der Waals surface area contributed by atoms with E-state index in [4.69, 9.17) is 4.84 Å². The number of halogens is 2. The molecule has 4 atom stereocenters. The van der Waals surface area contributed by atoms with E-state index < -0.39 is 17.7 Å². The molecule has 3 aliphatic rings. The second-order valence-electron chi connectivity index (χ2n) is 9.80. The second kappa shape index (κ2) is 12.7. The summed E-state index contributed by atoms with van der Waals surface area (Å²) in [5, 5.41) is 10.2. The topological polar surface area (TPSA) is 96.9 Å². The summed E-state index contributed by atoms with van der Waals surface area (Å²) in [4.78, 5) is 41.2. The Morgan fingerprint density at radius 1 is 1.03 bits per heavy atom. The van der Waals surface area contributed by atoms with Crippen LogP contribution in [-0.2, 0) is 14.4 Å². The number of hydrogen-bond acceptors (Lipinski definition) is 6. The fraction of sp³-hybridized carbons (Fsp3) is 0.615. The Kier molecular flexibility index (Phi) is 9.34. The van der Waals surface area contributed by atoms with E-state index in [0.29, 0.717) is 36.6 Å². The number of nitrogens with one attached hydrogen (secondary N) is 2. The van der Waals surface area contributed by atoms with Crippen LogP contribution in [0.5, 0.6) is 0 Å². The van der Waals surface area contributed by atoms with Gasteiger partial charge in [0.1, 0.15) is 29.3 Å². The average Bonchev–Trinajstić information content (AvgIpc) is 3.53. The molecule has 0 aliphatic carbocycles. The molecule has 7 nitrogen and oxygen atoms in total. The smallest absolute Gasteiger partial charge is 0.315 e. The number of nitrogens with zero attached hydrogens (tertiary/aromatic N) is 1. The summed E-state index contributed by atoms with van der Waals surface area (Å²) in [6, 6.07) is 3.69. The molecular weight excluding hydrogens is 488 g/mol. The van der Waals surface area contributed by atoms with Crippen molar-refractivity contribution in [3.05, 3.63) is 35.4 Å². The molecule has 0 radical (unpaired) electrons. The fourth-order valence-corrected chi connectivity index (χ4v) is 6.58. The minimum Gasteiger partial charge on any atom is -0.391 e. The van der Waals surface area contributed by atoms with Gasteiger partial charge >= 0.3 is 6.03 Å². The molecule has 2 saturated heterocycles. The summed E-state index contributed by atoms with van der Waals surface area (Å²) >= 11 is 1.90. The number of benzene rings is 1. The van der Waals surface area contributed by atoms with Gasteiger partial charge in [0.15, 0.2) is 0 Å². The van der Waals surface area contributed by atoms with Crippen LogP contribution in [0.25, 0.3) is 0 Å². The molecule has 3 heterocycles. The number of urea groups is 1. The van der Waals surface area contributed by atoms with Gasteiger partial charge in [-0.3, -0.25) is 9.59 Å². The number of ketones is 2. The first kappa shape index (κ1) is 26.6. The molecule has 0 spiro atoms. The van der Waals surface area contributed by atoms with E-state index in [2.05, 4.69) is 15.8 Å². The zero-order valence-electron chi connectivity index (χ0n) is 20.3. The molecule has 3 aliphatic heterocycles. The van der Waals surface area contributed by atoms with Gasteiger partial charge in [0.2, 0.25) is 0 Å². The predicted octanol–water partition coefficient (Wildman–Crippen LogP) is 4.66. The zero-order chi connectivity index (χ0) is 25.5. The number of thioether (sulfide) groups is 1. The summed E-state index contributed by atoms with van der Waals surface area (Å²) in [6.07, 6.45) is 6.84. The van der Waals surface area contributed by atoms with Crippen molar-refractivity contribution in [2.24, 2.45) is 5.16 Å². The van der Waals surface area contributed by atoms with Gasteiger partial charge in [-0.2, -0.15) is 11.8 Å². The number of Topliss-reactive ketones (excluding diaryl/α,β-unsaturated/α-hetero) is 2. The van der Waals surface area contributed by atoms with Gasteiger partial charge in [0.25, 0.3) is 0 Å². The van der Waals surface area contributed by atoms with Gasteiger partial charge in [-0.05, 0) is 37.8 Å². The Balaban J connectivity index is 1.01. The van der Waals surface area contributed by atoms with Gasteiger partial charge in [-0.1, -0.05) is 18.0 Å². The summed E-state index contributed by atoms with van der Waals surface area (Å²) in [6.45, 7) is 0. The summed E-state index contributed by atoms with van der Waals surface area (Å²) in [5.41, 5.74) is 0.582. The van der Waals surface area contributed by atoms with E-state index in [9.17, 15) is 23.2 Å². The van der Waals surface area contributed by atoms with E-state index in [1.54, 1.807) is 0 Å². The van der Waals surface area contributed by atoms with Gasteiger partial charge in [0, 0.05) is 54.7 Å². The van der Waals surface area contributed by atoms with Crippen molar-refractivity contribution in [1.29, 1.82) is 0 Å². The van der Waals surface area contributed by atoms with Crippen molar-refractivity contribution < 1.29 is 28.0 Å². The number of carbonyl (C=O) groups is 3. The number of carbonyl (C=O) groups excluding carboxylic acids is 3. The van der Waals surface area contributed by atoms with Crippen LogP contribution >= 0.6 is 11.8 Å². The summed E-state index contributed by atoms with van der Waals surface area (Å²) in [7, 11) is 0. The molecule has 36 heavy (non-hydrogen) atoms. The van der Waals surface area contributed by atoms with Crippen molar-refractivity contribution in [3.63, 3.8) is 0 Å². The normalized spacial score (nSPS) is 24.6. The third kappa shape index (κ3) is 7.27. The Morgan fingerprint density at radius 3 is 2.56 bits per heavy atom. The standard InChI is InChI=1S/C26H33F2N3O4S/c27-16-10-11-20(21(28)12-16)22-14-19(35-31-22)13-18(33)8-3-1-2-6-17(32)7-4-5-9-24-25-23(15-36-24)29-26(34)30-25/h10-12,19,23-25H,1-9,13-15H2,(H2,29,30,34)/t19?,23-,24?,25-/m1/s1. The summed E-state index contributed by atoms with van der Waals surface area (Å²) in [5.74, 6) is -0.0656. The first-order valence-corrected chi connectivity index (χ1v) is 13.8. The number of unbranched alkanes of at least 4 members (excludes halogenated alkanes) is 3. The summed E-state index contributed by atoms with van der Waals surface area (Å²) < 4.78 is 27.0. The van der Waals surface area contributed by atoms with Crippen molar-refractivity contribution in [2.75, 3.05) is 5.75 Å². The molecule has 0 saturated carbocycles. The number of oxime groups is 1. The highest BCUT2D eigenvalue weighted by Crippen LogP contribution is 2.33. The third-order valence-corrected chi connectivity index (χ3v) is 8.48. The molecular formula is C26H33F2N3O4S. The lowest BCUT2D eigenvalue weighted by Crippen LogP contribution is -2.36. The Hall–Kier alpha value is -2.49. The largest absolute Gasteiger partial charge is 0.391 e. The van der Waals surface area contributed by atoms with Crippen molar-refractivity contribution in [3.8, 4) is 0 Å². The maximum atomic E-state index is 13.9. The number of fused-ring (bicyclic) bond motifs is 1. The Bertz CT molecular complexity index is 1010. The Morgan fingerprint density at radius 2 is 1.78 bits per heavy atom. The number of amides is 2. The monoisotopic (exact) mass is 521 g/mol. The van der Waals surface area contributed by atoms with Crippen LogP contribution < -0.4 is 10.6 Å². The molecule has 1 aromatic rings. The maximum Gasteiger partial charge on any atom is 0.315 e. The van der Waals surface area contributed by atoms with Crippen molar-refractivity contribution >= 4 is 35.1 Å². The quantitative estimate of drug-likeness (QED) is 0.274. The van der Waals surface area contributed by atoms with Crippen LogP contribution in [0.1, 0.15) is 76.2 Å².